The molecule has 2 rings (SSSR count). The van der Waals surface area contributed by atoms with Gasteiger partial charge in [-0.2, -0.15) is 0 Å². The van der Waals surface area contributed by atoms with Crippen LogP contribution < -0.4 is 10.6 Å². The number of nitrogen functional groups attached to an aromatic ring is 1. The lowest BCUT2D eigenvalue weighted by molar-refractivity contribution is 0.0635. The third-order valence-corrected chi connectivity index (χ3v) is 3.24. The maximum atomic E-state index is 14.1. The van der Waals surface area contributed by atoms with E-state index >= 15 is 0 Å². The lowest BCUT2D eigenvalue weighted by Gasteiger charge is -2.43. The van der Waals surface area contributed by atoms with Gasteiger partial charge in [0.15, 0.2) is 0 Å². The quantitative estimate of drug-likeness (QED) is 0.636. The van der Waals surface area contributed by atoms with Crippen LogP contribution in [0.5, 0.6) is 0 Å². The van der Waals surface area contributed by atoms with Crippen molar-refractivity contribution in [3.8, 4) is 0 Å². The second kappa shape index (κ2) is 4.77. The van der Waals surface area contributed by atoms with Gasteiger partial charge in [-0.3, -0.25) is 5.41 Å². The fraction of sp³-hybridized carbons (Fsp3) is 0.462. The highest BCUT2D eigenvalue weighted by Crippen LogP contribution is 2.32. The summed E-state index contributed by atoms with van der Waals surface area (Å²) in [4.78, 5) is 1.66. The molecule has 4 nitrogen and oxygen atoms in total. The van der Waals surface area contributed by atoms with E-state index in [0.29, 0.717) is 19.8 Å². The van der Waals surface area contributed by atoms with Crippen LogP contribution in [0.25, 0.3) is 0 Å². The number of nitrogens with zero attached hydrogens (tertiary/aromatic N) is 1. The number of anilines is 1. The van der Waals surface area contributed by atoms with Crippen LogP contribution in [0.1, 0.15) is 19.4 Å². The summed E-state index contributed by atoms with van der Waals surface area (Å²) in [5.41, 5.74) is 4.72. The summed E-state index contributed by atoms with van der Waals surface area (Å²) in [6.07, 6.45) is 0. The van der Waals surface area contributed by atoms with Crippen LogP contribution >= 0.6 is 0 Å². The average Bonchev–Trinajstić information content (AvgIpc) is 2.29. The first-order valence-corrected chi connectivity index (χ1v) is 6.02. The van der Waals surface area contributed by atoms with E-state index in [0.717, 1.165) is 12.1 Å². The third kappa shape index (κ3) is 2.53. The van der Waals surface area contributed by atoms with Crippen molar-refractivity contribution in [3.05, 3.63) is 29.3 Å². The molecule has 0 unspecified atom stereocenters. The lowest BCUT2D eigenvalue weighted by Crippen LogP contribution is -2.53. The zero-order chi connectivity index (χ0) is 14.2. The summed E-state index contributed by atoms with van der Waals surface area (Å²) < 4.78 is 33.6. The van der Waals surface area contributed by atoms with Gasteiger partial charge in [0, 0.05) is 12.1 Å². The Hall–Kier alpha value is -1.69. The van der Waals surface area contributed by atoms with Crippen molar-refractivity contribution in [2.45, 2.75) is 19.4 Å². The van der Waals surface area contributed by atoms with E-state index in [2.05, 4.69) is 0 Å². The van der Waals surface area contributed by atoms with E-state index in [4.69, 9.17) is 15.9 Å². The number of halogens is 2. The SMILES string of the molecule is CC1(C)COCCN1c1c(F)cc(C(=N)N)cc1F. The Morgan fingerprint density at radius 1 is 1.37 bits per heavy atom. The van der Waals surface area contributed by atoms with Gasteiger partial charge in [-0.05, 0) is 26.0 Å². The second-order valence-electron chi connectivity index (χ2n) is 5.22. The normalized spacial score (nSPS) is 18.4. The molecule has 1 fully saturated rings. The minimum absolute atomic E-state index is 0.0461. The number of morpholine rings is 1. The third-order valence-electron chi connectivity index (χ3n) is 3.24. The van der Waals surface area contributed by atoms with Gasteiger partial charge >= 0.3 is 0 Å². The van der Waals surface area contributed by atoms with E-state index < -0.39 is 17.2 Å². The molecule has 104 valence electrons. The Balaban J connectivity index is 2.47. The van der Waals surface area contributed by atoms with Crippen molar-refractivity contribution >= 4 is 11.5 Å². The van der Waals surface area contributed by atoms with Crippen LogP contribution in [0.15, 0.2) is 12.1 Å². The maximum Gasteiger partial charge on any atom is 0.150 e. The van der Waals surface area contributed by atoms with Crippen molar-refractivity contribution in [2.24, 2.45) is 5.73 Å². The molecule has 0 spiro atoms. The van der Waals surface area contributed by atoms with E-state index in [1.165, 1.54) is 0 Å². The number of nitrogens with two attached hydrogens (primary N) is 1. The molecule has 0 saturated carbocycles. The molecule has 0 aromatic heterocycles. The van der Waals surface area contributed by atoms with Gasteiger partial charge in [0.2, 0.25) is 0 Å². The van der Waals surface area contributed by atoms with Gasteiger partial charge < -0.3 is 15.4 Å². The molecular formula is C13H17F2N3O. The largest absolute Gasteiger partial charge is 0.384 e. The molecule has 0 radical (unpaired) electrons. The van der Waals surface area contributed by atoms with Gasteiger partial charge in [0.1, 0.15) is 23.2 Å². The summed E-state index contributed by atoms with van der Waals surface area (Å²) in [7, 11) is 0. The van der Waals surface area contributed by atoms with Crippen LogP contribution in [0, 0.1) is 17.0 Å². The predicted molar refractivity (Wildman–Crippen MR) is 69.6 cm³/mol. The van der Waals surface area contributed by atoms with Crippen LogP contribution in [0.3, 0.4) is 0 Å². The summed E-state index contributed by atoms with van der Waals surface area (Å²) in [5.74, 6) is -1.77. The molecule has 0 amide bonds. The van der Waals surface area contributed by atoms with Crippen molar-refractivity contribution in [2.75, 3.05) is 24.7 Å². The molecule has 6 heteroatoms. The Morgan fingerprint density at radius 3 is 2.42 bits per heavy atom. The molecule has 19 heavy (non-hydrogen) atoms. The van der Waals surface area contributed by atoms with Gasteiger partial charge in [-0.15, -0.1) is 0 Å². The first-order valence-electron chi connectivity index (χ1n) is 6.02. The zero-order valence-electron chi connectivity index (χ0n) is 11.0. The molecule has 0 bridgehead atoms. The summed E-state index contributed by atoms with van der Waals surface area (Å²) in [6.45, 7) is 4.98. The van der Waals surface area contributed by atoms with E-state index in [9.17, 15) is 8.78 Å². The number of nitrogens with one attached hydrogen (secondary N) is 1. The minimum atomic E-state index is -0.708. The molecule has 1 saturated heterocycles. The Morgan fingerprint density at radius 2 is 1.95 bits per heavy atom. The first kappa shape index (κ1) is 13.7. The molecule has 1 aromatic carbocycles. The number of rotatable bonds is 2. The van der Waals surface area contributed by atoms with Crippen molar-refractivity contribution in [1.82, 2.24) is 0 Å². The van der Waals surface area contributed by atoms with Crippen molar-refractivity contribution < 1.29 is 13.5 Å². The minimum Gasteiger partial charge on any atom is -0.384 e. The number of ether oxygens (including phenoxy) is 1. The van der Waals surface area contributed by atoms with Crippen LogP contribution in [-0.2, 0) is 4.74 Å². The zero-order valence-corrected chi connectivity index (χ0v) is 11.0. The second-order valence-corrected chi connectivity index (χ2v) is 5.22. The first-order chi connectivity index (χ1) is 8.83. The maximum absolute atomic E-state index is 14.1. The number of hydrogen-bond acceptors (Lipinski definition) is 3. The molecule has 1 heterocycles. The summed E-state index contributed by atoms with van der Waals surface area (Å²) in [5, 5.41) is 7.23. The highest BCUT2D eigenvalue weighted by atomic mass is 19.1. The van der Waals surface area contributed by atoms with Gasteiger partial charge in [0.05, 0.1) is 18.8 Å². The molecule has 1 aliphatic heterocycles. The van der Waals surface area contributed by atoms with Crippen LogP contribution in [-0.4, -0.2) is 31.1 Å². The number of benzene rings is 1. The lowest BCUT2D eigenvalue weighted by atomic mass is 10.0. The smallest absolute Gasteiger partial charge is 0.150 e. The predicted octanol–water partition coefficient (Wildman–Crippen LogP) is 1.86. The monoisotopic (exact) mass is 269 g/mol. The van der Waals surface area contributed by atoms with Gasteiger partial charge in [-0.1, -0.05) is 0 Å². The van der Waals surface area contributed by atoms with Crippen molar-refractivity contribution in [3.63, 3.8) is 0 Å². The fourth-order valence-electron chi connectivity index (χ4n) is 2.25. The van der Waals surface area contributed by atoms with Crippen LogP contribution in [0.4, 0.5) is 14.5 Å². The molecule has 3 N–H and O–H groups in total. The number of amidine groups is 1. The average molecular weight is 269 g/mol. The molecule has 0 atom stereocenters. The van der Waals surface area contributed by atoms with Crippen LogP contribution in [0.2, 0.25) is 0 Å². The molecule has 1 aromatic rings. The number of hydrogen-bond donors (Lipinski definition) is 2. The van der Waals surface area contributed by atoms with Gasteiger partial charge in [0.25, 0.3) is 0 Å². The van der Waals surface area contributed by atoms with Crippen molar-refractivity contribution in [1.29, 1.82) is 5.41 Å². The molecule has 0 aliphatic carbocycles. The molecule has 1 aliphatic rings. The highest BCUT2D eigenvalue weighted by molar-refractivity contribution is 5.95. The standard InChI is InChI=1S/C13H17F2N3O/c1-13(2)7-19-4-3-18(13)11-9(14)5-8(12(16)17)6-10(11)15/h5-6H,3-4,7H2,1-2H3,(H3,16,17). The topological polar surface area (TPSA) is 62.3 Å². The molecular weight excluding hydrogens is 252 g/mol. The Bertz CT molecular complexity index is 494. The highest BCUT2D eigenvalue weighted by Gasteiger charge is 2.34. The van der Waals surface area contributed by atoms with Gasteiger partial charge in [-0.25, -0.2) is 8.78 Å². The fourth-order valence-corrected chi connectivity index (χ4v) is 2.25. The summed E-state index contributed by atoms with van der Waals surface area (Å²) in [6, 6.07) is 2.18. The van der Waals surface area contributed by atoms with E-state index in [1.807, 2.05) is 13.8 Å². The van der Waals surface area contributed by atoms with E-state index in [1.54, 1.807) is 4.90 Å². The van der Waals surface area contributed by atoms with E-state index in [-0.39, 0.29) is 17.1 Å². The summed E-state index contributed by atoms with van der Waals surface area (Å²) >= 11 is 0. The Labute approximate surface area is 110 Å². The Kier molecular flexibility index (Phi) is 3.45.